The number of hydrogen-bond donors (Lipinski definition) is 1. The van der Waals surface area contributed by atoms with Gasteiger partial charge in [-0.3, -0.25) is 4.79 Å². The SMILES string of the molecule is COc1ccc(/C=C/C(=O)N2CCCC(N)C2)cc1. The second-order valence-electron chi connectivity index (χ2n) is 4.79. The molecule has 1 amide bonds. The van der Waals surface area contributed by atoms with Crippen molar-refractivity contribution < 1.29 is 9.53 Å². The van der Waals surface area contributed by atoms with Gasteiger partial charge in [-0.15, -0.1) is 0 Å². The number of likely N-dealkylation sites (tertiary alicyclic amines) is 1. The van der Waals surface area contributed by atoms with Crippen LogP contribution in [0.3, 0.4) is 0 Å². The molecule has 0 aliphatic carbocycles. The van der Waals surface area contributed by atoms with Crippen LogP contribution in [-0.2, 0) is 4.79 Å². The zero-order valence-electron chi connectivity index (χ0n) is 11.2. The van der Waals surface area contributed by atoms with Gasteiger partial charge in [-0.2, -0.15) is 0 Å². The Morgan fingerprint density at radius 3 is 2.79 bits per heavy atom. The maximum absolute atomic E-state index is 12.0. The average molecular weight is 260 g/mol. The lowest BCUT2D eigenvalue weighted by atomic mass is 10.1. The van der Waals surface area contributed by atoms with E-state index in [-0.39, 0.29) is 11.9 Å². The molecule has 4 nitrogen and oxygen atoms in total. The molecule has 2 N–H and O–H groups in total. The monoisotopic (exact) mass is 260 g/mol. The van der Waals surface area contributed by atoms with Crippen molar-refractivity contribution in [3.8, 4) is 5.75 Å². The molecule has 1 atom stereocenters. The summed E-state index contributed by atoms with van der Waals surface area (Å²) in [6, 6.07) is 7.71. The van der Waals surface area contributed by atoms with E-state index < -0.39 is 0 Å². The predicted octanol–water partition coefficient (Wildman–Crippen LogP) is 1.66. The van der Waals surface area contributed by atoms with Crippen LogP contribution >= 0.6 is 0 Å². The zero-order valence-corrected chi connectivity index (χ0v) is 11.2. The molecule has 102 valence electrons. The molecule has 19 heavy (non-hydrogen) atoms. The van der Waals surface area contributed by atoms with Gasteiger partial charge < -0.3 is 15.4 Å². The van der Waals surface area contributed by atoms with Crippen molar-refractivity contribution in [3.63, 3.8) is 0 Å². The lowest BCUT2D eigenvalue weighted by Crippen LogP contribution is -2.45. The van der Waals surface area contributed by atoms with Crippen LogP contribution in [0.5, 0.6) is 5.75 Å². The summed E-state index contributed by atoms with van der Waals surface area (Å²) in [5.41, 5.74) is 6.85. The minimum absolute atomic E-state index is 0.0333. The topological polar surface area (TPSA) is 55.6 Å². The largest absolute Gasteiger partial charge is 0.497 e. The van der Waals surface area contributed by atoms with Crippen molar-refractivity contribution in [2.75, 3.05) is 20.2 Å². The standard InChI is InChI=1S/C15H20N2O2/c1-19-14-7-4-12(5-8-14)6-9-15(18)17-10-2-3-13(16)11-17/h4-9,13H,2-3,10-11,16H2,1H3/b9-6+. The third kappa shape index (κ3) is 3.83. The van der Waals surface area contributed by atoms with E-state index in [2.05, 4.69) is 0 Å². The average Bonchev–Trinajstić information content (AvgIpc) is 2.45. The number of methoxy groups -OCH3 is 1. The first-order chi connectivity index (χ1) is 9.19. The molecule has 0 aromatic heterocycles. The number of carbonyl (C=O) groups excluding carboxylic acids is 1. The zero-order chi connectivity index (χ0) is 13.7. The number of nitrogens with two attached hydrogens (primary N) is 1. The molecule has 1 aliphatic rings. The molecule has 1 aliphatic heterocycles. The molecule has 1 aromatic rings. The fourth-order valence-corrected chi connectivity index (χ4v) is 2.20. The summed E-state index contributed by atoms with van der Waals surface area (Å²) in [7, 11) is 1.63. The van der Waals surface area contributed by atoms with Crippen molar-refractivity contribution in [3.05, 3.63) is 35.9 Å². The number of hydrogen-bond acceptors (Lipinski definition) is 3. The first kappa shape index (κ1) is 13.6. The smallest absolute Gasteiger partial charge is 0.246 e. The molecule has 0 radical (unpaired) electrons. The fraction of sp³-hybridized carbons (Fsp3) is 0.400. The predicted molar refractivity (Wildman–Crippen MR) is 75.8 cm³/mol. The van der Waals surface area contributed by atoms with Gasteiger partial charge >= 0.3 is 0 Å². The number of nitrogens with zero attached hydrogens (tertiary/aromatic N) is 1. The van der Waals surface area contributed by atoms with Crippen molar-refractivity contribution >= 4 is 12.0 Å². The van der Waals surface area contributed by atoms with E-state index in [0.29, 0.717) is 6.54 Å². The van der Waals surface area contributed by atoms with Gasteiger partial charge in [-0.05, 0) is 36.6 Å². The maximum atomic E-state index is 12.0. The molecule has 1 aromatic carbocycles. The van der Waals surface area contributed by atoms with Gasteiger partial charge in [0.25, 0.3) is 0 Å². The fourth-order valence-electron chi connectivity index (χ4n) is 2.20. The Balaban J connectivity index is 1.95. The highest BCUT2D eigenvalue weighted by Crippen LogP contribution is 2.13. The number of carbonyl (C=O) groups is 1. The third-order valence-electron chi connectivity index (χ3n) is 3.30. The van der Waals surface area contributed by atoms with E-state index >= 15 is 0 Å². The third-order valence-corrected chi connectivity index (χ3v) is 3.30. The van der Waals surface area contributed by atoms with E-state index in [4.69, 9.17) is 10.5 Å². The van der Waals surface area contributed by atoms with Crippen LogP contribution < -0.4 is 10.5 Å². The van der Waals surface area contributed by atoms with Crippen LogP contribution in [-0.4, -0.2) is 37.0 Å². The first-order valence-electron chi connectivity index (χ1n) is 6.55. The van der Waals surface area contributed by atoms with Gasteiger partial charge in [0, 0.05) is 25.2 Å². The van der Waals surface area contributed by atoms with Gasteiger partial charge in [0.05, 0.1) is 7.11 Å². The molecular weight excluding hydrogens is 240 g/mol. The Kier molecular flexibility index (Phi) is 4.58. The quantitative estimate of drug-likeness (QED) is 0.841. The summed E-state index contributed by atoms with van der Waals surface area (Å²) in [5.74, 6) is 0.844. The number of ether oxygens (including phenoxy) is 1. The molecule has 0 bridgehead atoms. The molecule has 2 rings (SSSR count). The van der Waals surface area contributed by atoms with E-state index in [1.807, 2.05) is 35.2 Å². The van der Waals surface area contributed by atoms with E-state index in [0.717, 1.165) is 30.7 Å². The van der Waals surface area contributed by atoms with E-state index in [1.54, 1.807) is 13.2 Å². The molecular formula is C15H20N2O2. The normalized spacial score (nSPS) is 19.7. The van der Waals surface area contributed by atoms with Crippen LogP contribution in [0, 0.1) is 0 Å². The lowest BCUT2D eigenvalue weighted by Gasteiger charge is -2.29. The van der Waals surface area contributed by atoms with E-state index in [1.165, 1.54) is 0 Å². The Morgan fingerprint density at radius 2 is 2.16 bits per heavy atom. The summed E-state index contributed by atoms with van der Waals surface area (Å²) in [4.78, 5) is 13.8. The Labute approximate surface area is 113 Å². The van der Waals surface area contributed by atoms with Gasteiger partial charge in [0.1, 0.15) is 5.75 Å². The van der Waals surface area contributed by atoms with Crippen LogP contribution in [0.1, 0.15) is 18.4 Å². The summed E-state index contributed by atoms with van der Waals surface area (Å²) in [6.07, 6.45) is 5.43. The minimum atomic E-state index is 0.0333. The molecule has 1 unspecified atom stereocenters. The van der Waals surface area contributed by atoms with E-state index in [9.17, 15) is 4.79 Å². The van der Waals surface area contributed by atoms with Crippen molar-refractivity contribution in [2.45, 2.75) is 18.9 Å². The number of amides is 1. The van der Waals surface area contributed by atoms with Crippen LogP contribution in [0.25, 0.3) is 6.08 Å². The van der Waals surface area contributed by atoms with Crippen molar-refractivity contribution in [1.29, 1.82) is 0 Å². The Hall–Kier alpha value is -1.81. The summed E-state index contributed by atoms with van der Waals surface area (Å²) >= 11 is 0. The highest BCUT2D eigenvalue weighted by Gasteiger charge is 2.19. The summed E-state index contributed by atoms with van der Waals surface area (Å²) in [5, 5.41) is 0. The van der Waals surface area contributed by atoms with Crippen LogP contribution in [0.4, 0.5) is 0 Å². The van der Waals surface area contributed by atoms with Crippen molar-refractivity contribution in [2.24, 2.45) is 5.73 Å². The summed E-state index contributed by atoms with van der Waals surface area (Å²) in [6.45, 7) is 1.46. The van der Waals surface area contributed by atoms with Gasteiger partial charge in [-0.1, -0.05) is 12.1 Å². The van der Waals surface area contributed by atoms with Gasteiger partial charge in [0.2, 0.25) is 5.91 Å². The molecule has 0 saturated carbocycles. The molecule has 1 fully saturated rings. The number of benzene rings is 1. The second-order valence-corrected chi connectivity index (χ2v) is 4.79. The second kappa shape index (κ2) is 6.38. The molecule has 0 spiro atoms. The lowest BCUT2D eigenvalue weighted by molar-refractivity contribution is -0.127. The number of piperidine rings is 1. The minimum Gasteiger partial charge on any atom is -0.497 e. The molecule has 1 saturated heterocycles. The highest BCUT2D eigenvalue weighted by atomic mass is 16.5. The summed E-state index contributed by atoms with van der Waals surface area (Å²) < 4.78 is 5.09. The Morgan fingerprint density at radius 1 is 1.42 bits per heavy atom. The van der Waals surface area contributed by atoms with Crippen LogP contribution in [0.15, 0.2) is 30.3 Å². The van der Waals surface area contributed by atoms with Gasteiger partial charge in [0.15, 0.2) is 0 Å². The van der Waals surface area contributed by atoms with Crippen molar-refractivity contribution in [1.82, 2.24) is 4.90 Å². The van der Waals surface area contributed by atoms with Crippen LogP contribution in [0.2, 0.25) is 0 Å². The molecule has 4 heteroatoms. The number of rotatable bonds is 3. The maximum Gasteiger partial charge on any atom is 0.246 e. The Bertz CT molecular complexity index is 454. The highest BCUT2D eigenvalue weighted by molar-refractivity contribution is 5.91. The first-order valence-corrected chi connectivity index (χ1v) is 6.55. The van der Waals surface area contributed by atoms with Gasteiger partial charge in [-0.25, -0.2) is 0 Å². The molecule has 1 heterocycles.